The number of hydrogen-bond donors (Lipinski definition) is 0. The van der Waals surface area contributed by atoms with Gasteiger partial charge in [0.25, 0.3) is 0 Å². The molecule has 0 saturated carbocycles. The van der Waals surface area contributed by atoms with Gasteiger partial charge in [-0.05, 0) is 48.0 Å². The molecule has 0 saturated heterocycles. The smallest absolute Gasteiger partial charge is 0.345 e. The normalized spacial score (nSPS) is 11.2. The zero-order valence-electron chi connectivity index (χ0n) is 17.5. The van der Waals surface area contributed by atoms with Gasteiger partial charge in [-0.25, -0.2) is 4.79 Å². The summed E-state index contributed by atoms with van der Waals surface area (Å²) in [5, 5.41) is 3.88. The van der Waals surface area contributed by atoms with Crippen molar-refractivity contribution in [3.05, 3.63) is 90.5 Å². The Balaban J connectivity index is 1.83. The summed E-state index contributed by atoms with van der Waals surface area (Å²) < 4.78 is 13.6. The van der Waals surface area contributed by atoms with Crippen molar-refractivity contribution in [2.45, 2.75) is 6.92 Å². The fraction of sp³-hybridized carbons (Fsp3) is 0.111. The highest BCUT2D eigenvalue weighted by Crippen LogP contribution is 2.31. The van der Waals surface area contributed by atoms with Crippen molar-refractivity contribution in [2.75, 3.05) is 6.61 Å². The van der Waals surface area contributed by atoms with Crippen LogP contribution in [-0.2, 0) is 7.05 Å². The third-order valence-electron chi connectivity index (χ3n) is 5.56. The topological polar surface area (TPSA) is 39.4 Å². The number of fused-ring (bicyclic) bond motifs is 3. The molecule has 4 aromatic carbocycles. The summed E-state index contributed by atoms with van der Waals surface area (Å²) in [7, 11) is 2.02. The summed E-state index contributed by atoms with van der Waals surface area (Å²) in [5.41, 5.74) is 2.43. The molecule has 0 atom stereocenters. The maximum Gasteiger partial charge on any atom is 0.345 e. The second-order valence-corrected chi connectivity index (χ2v) is 7.47. The quantitative estimate of drug-likeness (QED) is 0.168. The monoisotopic (exact) mass is 408 g/mol. The summed E-state index contributed by atoms with van der Waals surface area (Å²) in [4.78, 5) is 13.4. The van der Waals surface area contributed by atoms with Gasteiger partial charge < -0.3 is 9.47 Å². The van der Waals surface area contributed by atoms with Gasteiger partial charge in [0, 0.05) is 6.07 Å². The Hall–Kier alpha value is -3.92. The van der Waals surface area contributed by atoms with Gasteiger partial charge in [0.2, 0.25) is 11.0 Å². The summed E-state index contributed by atoms with van der Waals surface area (Å²) in [6.07, 6.45) is 0. The van der Waals surface area contributed by atoms with Crippen molar-refractivity contribution in [1.82, 2.24) is 0 Å². The van der Waals surface area contributed by atoms with E-state index in [1.165, 1.54) is 0 Å². The van der Waals surface area contributed by atoms with Crippen LogP contribution in [-0.4, -0.2) is 12.6 Å². The molecule has 152 valence electrons. The first-order chi connectivity index (χ1) is 15.2. The Labute approximate surface area is 180 Å². The Kier molecular flexibility index (Phi) is 4.75. The minimum Gasteiger partial charge on any atom is -0.494 e. The van der Waals surface area contributed by atoms with Crippen molar-refractivity contribution in [1.29, 1.82) is 0 Å². The van der Waals surface area contributed by atoms with Crippen LogP contribution in [0.1, 0.15) is 17.3 Å². The number of carbonyl (C=O) groups is 1. The van der Waals surface area contributed by atoms with E-state index in [2.05, 4.69) is 28.8 Å². The van der Waals surface area contributed by atoms with Crippen molar-refractivity contribution < 1.29 is 18.8 Å². The third-order valence-corrected chi connectivity index (χ3v) is 5.56. The van der Waals surface area contributed by atoms with Gasteiger partial charge in [0.15, 0.2) is 0 Å². The molecule has 0 aliphatic heterocycles. The number of aryl methyl sites for hydroxylation is 1. The van der Waals surface area contributed by atoms with Crippen LogP contribution in [0.5, 0.6) is 11.5 Å². The van der Waals surface area contributed by atoms with Crippen LogP contribution in [0.3, 0.4) is 0 Å². The maximum atomic E-state index is 13.4. The predicted octanol–water partition coefficient (Wildman–Crippen LogP) is 5.59. The molecule has 0 aliphatic carbocycles. The summed E-state index contributed by atoms with van der Waals surface area (Å²) >= 11 is 0. The zero-order valence-corrected chi connectivity index (χ0v) is 17.5. The van der Waals surface area contributed by atoms with Gasteiger partial charge >= 0.3 is 5.97 Å². The molecule has 0 radical (unpaired) electrons. The fourth-order valence-corrected chi connectivity index (χ4v) is 4.10. The molecule has 1 aromatic heterocycles. The predicted molar refractivity (Wildman–Crippen MR) is 123 cm³/mol. The van der Waals surface area contributed by atoms with Gasteiger partial charge in [0.05, 0.1) is 29.0 Å². The number of para-hydroxylation sites is 1. The lowest BCUT2D eigenvalue weighted by molar-refractivity contribution is -0.617. The third kappa shape index (κ3) is 3.36. The highest BCUT2D eigenvalue weighted by atomic mass is 16.5. The number of esters is 1. The van der Waals surface area contributed by atoms with E-state index in [-0.39, 0.29) is 5.97 Å². The SMILES string of the molecule is CCOc1ccc2c(C(=O)Oc3ccccc3)c3cc4ccccc4cc3[n+](C)c2c1. The van der Waals surface area contributed by atoms with Gasteiger partial charge in [0.1, 0.15) is 18.5 Å². The van der Waals surface area contributed by atoms with Crippen LogP contribution in [0, 0.1) is 0 Å². The molecule has 0 amide bonds. The van der Waals surface area contributed by atoms with Crippen LogP contribution < -0.4 is 14.0 Å². The molecule has 5 rings (SSSR count). The second kappa shape index (κ2) is 7.73. The van der Waals surface area contributed by atoms with Crippen molar-refractivity contribution in [3.8, 4) is 11.5 Å². The number of benzene rings is 4. The molecule has 31 heavy (non-hydrogen) atoms. The lowest BCUT2D eigenvalue weighted by Gasteiger charge is -2.12. The van der Waals surface area contributed by atoms with Crippen molar-refractivity contribution in [2.24, 2.45) is 7.05 Å². The molecule has 0 aliphatic rings. The van der Waals surface area contributed by atoms with E-state index in [0.717, 1.165) is 38.3 Å². The maximum absolute atomic E-state index is 13.4. The molecule has 0 N–H and O–H groups in total. The number of hydrogen-bond acceptors (Lipinski definition) is 3. The van der Waals surface area contributed by atoms with Crippen LogP contribution in [0.4, 0.5) is 0 Å². The molecular formula is C27H22NO3+. The first kappa shape index (κ1) is 19.1. The van der Waals surface area contributed by atoms with E-state index < -0.39 is 0 Å². The van der Waals surface area contributed by atoms with Gasteiger partial charge in [-0.2, -0.15) is 4.57 Å². The average molecular weight is 408 g/mol. The number of aromatic nitrogens is 1. The first-order valence-electron chi connectivity index (χ1n) is 10.3. The van der Waals surface area contributed by atoms with E-state index in [1.54, 1.807) is 12.1 Å². The highest BCUT2D eigenvalue weighted by Gasteiger charge is 2.25. The van der Waals surface area contributed by atoms with Crippen LogP contribution in [0.15, 0.2) is 84.9 Å². The van der Waals surface area contributed by atoms with Gasteiger partial charge in [-0.1, -0.05) is 42.5 Å². The van der Waals surface area contributed by atoms with Crippen molar-refractivity contribution in [3.63, 3.8) is 0 Å². The van der Waals surface area contributed by atoms with E-state index in [4.69, 9.17) is 9.47 Å². The highest BCUT2D eigenvalue weighted by molar-refractivity contribution is 6.15. The summed E-state index contributed by atoms with van der Waals surface area (Å²) in [5.74, 6) is 0.920. The number of carbonyl (C=O) groups excluding carboxylic acids is 1. The van der Waals surface area contributed by atoms with Crippen molar-refractivity contribution >= 4 is 38.5 Å². The number of ether oxygens (including phenoxy) is 2. The van der Waals surface area contributed by atoms with Crippen LogP contribution in [0.2, 0.25) is 0 Å². The molecule has 4 nitrogen and oxygen atoms in total. The molecule has 0 fully saturated rings. The minimum atomic E-state index is -0.374. The van der Waals surface area contributed by atoms with Gasteiger partial charge in [-0.3, -0.25) is 0 Å². The molecule has 4 heteroatoms. The van der Waals surface area contributed by atoms with Crippen LogP contribution >= 0.6 is 0 Å². The average Bonchev–Trinajstić information content (AvgIpc) is 2.79. The lowest BCUT2D eigenvalue weighted by atomic mass is 9.98. The van der Waals surface area contributed by atoms with Gasteiger partial charge in [-0.15, -0.1) is 0 Å². The van der Waals surface area contributed by atoms with E-state index >= 15 is 0 Å². The molecule has 0 unspecified atom stereocenters. The number of rotatable bonds is 4. The number of nitrogens with zero attached hydrogens (tertiary/aromatic N) is 1. The summed E-state index contributed by atoms with van der Waals surface area (Å²) in [6.45, 7) is 2.54. The Bertz CT molecular complexity index is 1440. The molecular weight excluding hydrogens is 386 g/mol. The molecule has 5 aromatic rings. The van der Waals surface area contributed by atoms with E-state index in [1.807, 2.05) is 62.5 Å². The Morgan fingerprint density at radius 1 is 0.774 bits per heavy atom. The second-order valence-electron chi connectivity index (χ2n) is 7.47. The van der Waals surface area contributed by atoms with E-state index in [0.29, 0.717) is 17.9 Å². The summed E-state index contributed by atoms with van der Waals surface area (Å²) in [6, 6.07) is 27.4. The molecule has 1 heterocycles. The first-order valence-corrected chi connectivity index (χ1v) is 10.3. The standard InChI is InChI=1S/C27H22NO3/c1-3-30-21-13-14-22-25(17-21)28(2)24-16-19-10-8-7-9-18(19)15-23(24)26(22)27(29)31-20-11-5-4-6-12-20/h4-17H,3H2,1-2H3/q+1. The lowest BCUT2D eigenvalue weighted by Crippen LogP contribution is -2.31. The molecule has 0 bridgehead atoms. The Morgan fingerprint density at radius 2 is 1.45 bits per heavy atom. The fourth-order valence-electron chi connectivity index (χ4n) is 4.10. The minimum absolute atomic E-state index is 0.374. The number of pyridine rings is 1. The van der Waals surface area contributed by atoms with Crippen LogP contribution in [0.25, 0.3) is 32.6 Å². The largest absolute Gasteiger partial charge is 0.494 e. The van der Waals surface area contributed by atoms with E-state index in [9.17, 15) is 4.79 Å². The molecule has 0 spiro atoms. The zero-order chi connectivity index (χ0) is 21.4. The Morgan fingerprint density at radius 3 is 2.19 bits per heavy atom.